The number of carbonyl (C=O) groups is 1. The van der Waals surface area contributed by atoms with Gasteiger partial charge in [-0.25, -0.2) is 9.20 Å². The van der Waals surface area contributed by atoms with Crippen LogP contribution in [0.25, 0.3) is 11.5 Å². The number of piperidine rings is 1. The van der Waals surface area contributed by atoms with Crippen molar-refractivity contribution in [1.29, 1.82) is 0 Å². The fourth-order valence-electron chi connectivity index (χ4n) is 5.35. The van der Waals surface area contributed by atoms with Gasteiger partial charge in [-0.1, -0.05) is 6.42 Å². The number of carbonyl (C=O) groups excluding carboxylic acids is 1. The van der Waals surface area contributed by atoms with E-state index >= 15 is 0 Å². The van der Waals surface area contributed by atoms with E-state index in [-0.39, 0.29) is 29.3 Å². The molecule has 11 heteroatoms. The summed E-state index contributed by atoms with van der Waals surface area (Å²) in [4.78, 5) is 29.9. The predicted molar refractivity (Wildman–Crippen MR) is 109 cm³/mol. The number of nitrogens with one attached hydrogen (secondary N) is 1. The van der Waals surface area contributed by atoms with Crippen molar-refractivity contribution in [3.05, 3.63) is 46.1 Å². The van der Waals surface area contributed by atoms with Crippen molar-refractivity contribution in [2.24, 2.45) is 17.8 Å². The molecule has 1 N–H and O–H groups in total. The zero-order valence-corrected chi connectivity index (χ0v) is 17.5. The van der Waals surface area contributed by atoms with Crippen LogP contribution in [0.4, 0.5) is 13.2 Å². The van der Waals surface area contributed by atoms with Crippen LogP contribution in [0.15, 0.2) is 29.3 Å². The standard InChI is InChI=1S/C21H23F3N6O2/c1-12-16(9-25-30(12)20-26-18(31)17-6-3-7-29(17)27-20)19(32)28-10-13-4-2-5-14(11-28)15(13)8-21(22,23)24/h3,6-7,9,13-15H,2,4-5,8,10-11H2,1H3,(H,26,27,31)/t13-,14+,15+. The Kier molecular flexibility index (Phi) is 4.86. The van der Waals surface area contributed by atoms with Gasteiger partial charge in [0.2, 0.25) is 5.95 Å². The molecule has 170 valence electrons. The molecule has 0 spiro atoms. The molecular formula is C21H23F3N6O2. The molecule has 32 heavy (non-hydrogen) atoms. The van der Waals surface area contributed by atoms with E-state index in [1.807, 2.05) is 0 Å². The topological polar surface area (TPSA) is 88.3 Å². The number of hydrogen-bond donors (Lipinski definition) is 1. The number of amides is 1. The van der Waals surface area contributed by atoms with Gasteiger partial charge in [0.1, 0.15) is 5.52 Å². The van der Waals surface area contributed by atoms with Crippen molar-refractivity contribution in [3.8, 4) is 5.95 Å². The van der Waals surface area contributed by atoms with Crippen molar-refractivity contribution in [2.75, 3.05) is 13.1 Å². The minimum Gasteiger partial charge on any atom is -0.338 e. The monoisotopic (exact) mass is 448 g/mol. The van der Waals surface area contributed by atoms with Crippen LogP contribution in [-0.2, 0) is 0 Å². The number of rotatable bonds is 3. The van der Waals surface area contributed by atoms with Gasteiger partial charge < -0.3 is 4.90 Å². The van der Waals surface area contributed by atoms with E-state index in [1.165, 1.54) is 15.4 Å². The Bertz CT molecular complexity index is 1210. The van der Waals surface area contributed by atoms with Gasteiger partial charge in [0.25, 0.3) is 11.5 Å². The molecule has 2 bridgehead atoms. The molecule has 1 saturated heterocycles. The van der Waals surface area contributed by atoms with Crippen molar-refractivity contribution in [3.63, 3.8) is 0 Å². The molecule has 2 aliphatic rings. The van der Waals surface area contributed by atoms with Crippen molar-refractivity contribution in [2.45, 2.75) is 38.8 Å². The third-order valence-corrected chi connectivity index (χ3v) is 6.85. The molecule has 3 aromatic rings. The molecule has 0 radical (unpaired) electrons. The van der Waals surface area contributed by atoms with Crippen LogP contribution in [0, 0.1) is 24.7 Å². The number of alkyl halides is 3. The first-order chi connectivity index (χ1) is 15.2. The number of fused-ring (bicyclic) bond motifs is 3. The van der Waals surface area contributed by atoms with Crippen LogP contribution in [0.5, 0.6) is 0 Å². The highest BCUT2D eigenvalue weighted by Crippen LogP contribution is 2.45. The normalized spacial score (nSPS) is 23.6. The molecule has 8 nitrogen and oxygen atoms in total. The van der Waals surface area contributed by atoms with Crippen LogP contribution in [0.2, 0.25) is 0 Å². The van der Waals surface area contributed by atoms with Gasteiger partial charge >= 0.3 is 6.18 Å². The molecule has 1 amide bonds. The Morgan fingerprint density at radius 2 is 1.97 bits per heavy atom. The minimum atomic E-state index is -4.19. The Morgan fingerprint density at radius 1 is 1.25 bits per heavy atom. The van der Waals surface area contributed by atoms with Crippen LogP contribution < -0.4 is 5.56 Å². The summed E-state index contributed by atoms with van der Waals surface area (Å²) < 4.78 is 42.0. The summed E-state index contributed by atoms with van der Waals surface area (Å²) in [6, 6.07) is 3.34. The highest BCUT2D eigenvalue weighted by Gasteiger charge is 2.46. The maximum Gasteiger partial charge on any atom is 0.389 e. The fraction of sp³-hybridized carbons (Fsp3) is 0.524. The first kappa shape index (κ1) is 20.8. The summed E-state index contributed by atoms with van der Waals surface area (Å²) in [5.41, 5.74) is 0.922. The summed E-state index contributed by atoms with van der Waals surface area (Å²) in [5.74, 6) is -0.772. The molecule has 3 atom stereocenters. The Morgan fingerprint density at radius 3 is 2.66 bits per heavy atom. The molecular weight excluding hydrogens is 425 g/mol. The summed E-state index contributed by atoms with van der Waals surface area (Å²) in [6.07, 6.45) is 0.430. The molecule has 0 unspecified atom stereocenters. The number of aromatic nitrogens is 5. The number of nitrogens with zero attached hydrogens (tertiary/aromatic N) is 5. The number of H-pyrrole nitrogens is 1. The van der Waals surface area contributed by atoms with Gasteiger partial charge in [0.05, 0.1) is 17.5 Å². The predicted octanol–water partition coefficient (Wildman–Crippen LogP) is 2.96. The highest BCUT2D eigenvalue weighted by atomic mass is 19.4. The summed E-state index contributed by atoms with van der Waals surface area (Å²) in [7, 11) is 0. The van der Waals surface area contributed by atoms with Crippen molar-refractivity contribution in [1.82, 2.24) is 29.3 Å². The van der Waals surface area contributed by atoms with Gasteiger partial charge in [-0.2, -0.15) is 18.3 Å². The zero-order valence-electron chi connectivity index (χ0n) is 17.5. The fourth-order valence-corrected chi connectivity index (χ4v) is 5.35. The summed E-state index contributed by atoms with van der Waals surface area (Å²) in [5, 5.41) is 8.58. The molecule has 1 aliphatic heterocycles. The minimum absolute atomic E-state index is 0.141. The maximum atomic E-state index is 13.3. The maximum absolute atomic E-state index is 13.3. The Balaban J connectivity index is 1.40. The largest absolute Gasteiger partial charge is 0.389 e. The molecule has 0 aromatic carbocycles. The van der Waals surface area contributed by atoms with E-state index in [0.717, 1.165) is 6.42 Å². The van der Waals surface area contributed by atoms with Crippen LogP contribution in [-0.4, -0.2) is 54.5 Å². The molecule has 4 heterocycles. The number of hydrogen-bond acceptors (Lipinski definition) is 4. The van der Waals surface area contributed by atoms with Gasteiger partial charge in [0, 0.05) is 25.7 Å². The third-order valence-electron chi connectivity index (χ3n) is 6.85. The van der Waals surface area contributed by atoms with Crippen LogP contribution in [0.1, 0.15) is 41.7 Å². The number of halogens is 3. The van der Waals surface area contributed by atoms with E-state index in [4.69, 9.17) is 0 Å². The SMILES string of the molecule is Cc1c(C(=O)N2C[C@H]3CCC[C@@H](C2)[C@H]3CC(F)(F)F)cnn1-c1nn2cccc2c(=O)[nH]1. The Hall–Kier alpha value is -3.11. The average molecular weight is 448 g/mol. The molecule has 1 saturated carbocycles. The Labute approximate surface area is 181 Å². The second-order valence-corrected chi connectivity index (χ2v) is 8.82. The molecule has 2 fully saturated rings. The second kappa shape index (κ2) is 7.49. The van der Waals surface area contributed by atoms with Gasteiger partial charge in [-0.3, -0.25) is 14.6 Å². The molecule has 1 aliphatic carbocycles. The number of likely N-dealkylation sites (tertiary alicyclic amines) is 1. The van der Waals surface area contributed by atoms with Crippen molar-refractivity contribution >= 4 is 11.4 Å². The van der Waals surface area contributed by atoms with Crippen LogP contribution >= 0.6 is 0 Å². The summed E-state index contributed by atoms with van der Waals surface area (Å²) in [6.45, 7) is 2.35. The average Bonchev–Trinajstić information content (AvgIpc) is 3.33. The van der Waals surface area contributed by atoms with E-state index in [2.05, 4.69) is 15.2 Å². The second-order valence-electron chi connectivity index (χ2n) is 8.82. The molecule has 5 rings (SSSR count). The lowest BCUT2D eigenvalue weighted by Crippen LogP contribution is -2.51. The quantitative estimate of drug-likeness (QED) is 0.667. The van der Waals surface area contributed by atoms with Crippen LogP contribution in [0.3, 0.4) is 0 Å². The number of aromatic amines is 1. The lowest BCUT2D eigenvalue weighted by Gasteiger charge is -2.47. The van der Waals surface area contributed by atoms with Crippen molar-refractivity contribution < 1.29 is 18.0 Å². The lowest BCUT2D eigenvalue weighted by molar-refractivity contribution is -0.161. The summed E-state index contributed by atoms with van der Waals surface area (Å²) >= 11 is 0. The zero-order chi connectivity index (χ0) is 22.6. The smallest absolute Gasteiger partial charge is 0.338 e. The first-order valence-corrected chi connectivity index (χ1v) is 10.7. The molecule has 3 aromatic heterocycles. The third kappa shape index (κ3) is 3.59. The van der Waals surface area contributed by atoms with Gasteiger partial charge in [-0.15, -0.1) is 5.10 Å². The van der Waals surface area contributed by atoms with Gasteiger partial charge in [0.15, 0.2) is 0 Å². The highest BCUT2D eigenvalue weighted by molar-refractivity contribution is 5.95. The first-order valence-electron chi connectivity index (χ1n) is 10.7. The van der Waals surface area contributed by atoms with E-state index in [0.29, 0.717) is 42.7 Å². The van der Waals surface area contributed by atoms with E-state index in [9.17, 15) is 22.8 Å². The van der Waals surface area contributed by atoms with E-state index < -0.39 is 18.5 Å². The van der Waals surface area contributed by atoms with Gasteiger partial charge in [-0.05, 0) is 49.7 Å². The lowest BCUT2D eigenvalue weighted by atomic mass is 9.67. The van der Waals surface area contributed by atoms with E-state index in [1.54, 1.807) is 30.2 Å².